The summed E-state index contributed by atoms with van der Waals surface area (Å²) >= 11 is 3.96. The van der Waals surface area contributed by atoms with E-state index in [-0.39, 0.29) is 39.2 Å². The number of anilines is 9. The van der Waals surface area contributed by atoms with Crippen LogP contribution < -0.4 is 30.4 Å². The van der Waals surface area contributed by atoms with Crippen LogP contribution in [0.25, 0.3) is 30.3 Å². The lowest BCUT2D eigenvalue weighted by molar-refractivity contribution is 0.332. The second-order valence-electron chi connectivity index (χ2n) is 29.0. The molecule has 0 saturated carbocycles. The van der Waals surface area contributed by atoms with Crippen molar-refractivity contribution in [1.82, 2.24) is 0 Å². The van der Waals surface area contributed by atoms with Crippen LogP contribution in [0.5, 0.6) is 0 Å². The van der Waals surface area contributed by atoms with Crippen LogP contribution in [0.1, 0.15) is 161 Å². The lowest BCUT2D eigenvalue weighted by atomic mass is 9.35. The van der Waals surface area contributed by atoms with Gasteiger partial charge in [0.25, 0.3) is 6.71 Å². The summed E-state index contributed by atoms with van der Waals surface area (Å²) in [7, 11) is 0. The fourth-order valence-electron chi connectivity index (χ4n) is 15.5. The van der Waals surface area contributed by atoms with Crippen LogP contribution in [-0.4, -0.2) is 6.71 Å². The lowest BCUT2D eigenvalue weighted by Crippen LogP contribution is -2.61. The molecule has 0 amide bonds. The standard InChI is InChI=1S/C75H76BN3S2/c1-45-23-25-47(26-24-45)79-63-39-50(77(46-19-15-14-16-20-46)49-27-29-52-51-21-17-18-22-64(51)80-65(52)40-49)38-62-67(63)76(69-68(79)53-41-56-59(44-66(53)81-69)75(12,13)36-33-72(56,6)7)60-42-57-58(74(10,11)35-34-73(57,8)9)43-61(60)78(62)48-28-30-54-55(37-48)71(4,5)32-31-70(54,2)3/h14-30,37-44H,31-36H2,1-13H3. The van der Waals surface area contributed by atoms with Gasteiger partial charge >= 0.3 is 0 Å². The van der Waals surface area contributed by atoms with Crippen LogP contribution in [0.4, 0.5) is 51.2 Å². The van der Waals surface area contributed by atoms with Gasteiger partial charge in [-0.05, 0) is 207 Å². The molecule has 406 valence electrons. The molecule has 2 aromatic heterocycles. The molecule has 6 heteroatoms. The van der Waals surface area contributed by atoms with Crippen molar-refractivity contribution in [3.8, 4) is 0 Å². The van der Waals surface area contributed by atoms with Gasteiger partial charge in [0, 0.05) is 74.8 Å². The highest BCUT2D eigenvalue weighted by Crippen LogP contribution is 2.57. The van der Waals surface area contributed by atoms with Gasteiger partial charge in [-0.1, -0.05) is 155 Å². The molecule has 81 heavy (non-hydrogen) atoms. The van der Waals surface area contributed by atoms with E-state index in [2.05, 4.69) is 268 Å². The van der Waals surface area contributed by atoms with Crippen molar-refractivity contribution < 1.29 is 0 Å². The Labute approximate surface area is 489 Å². The normalized spacial score (nSPS) is 19.1. The Morgan fingerprint density at radius 1 is 0.383 bits per heavy atom. The highest BCUT2D eigenvalue weighted by molar-refractivity contribution is 7.33. The predicted molar refractivity (Wildman–Crippen MR) is 354 cm³/mol. The summed E-state index contributed by atoms with van der Waals surface area (Å²) in [5.41, 5.74) is 24.4. The van der Waals surface area contributed by atoms with E-state index in [1.54, 1.807) is 0 Å². The van der Waals surface area contributed by atoms with Gasteiger partial charge in [-0.25, -0.2) is 0 Å². The molecule has 0 fully saturated rings. The summed E-state index contributed by atoms with van der Waals surface area (Å²) in [5.74, 6) is 0. The molecular formula is C75H76BN3S2. The van der Waals surface area contributed by atoms with Crippen LogP contribution in [0.2, 0.25) is 0 Å². The van der Waals surface area contributed by atoms with Crippen molar-refractivity contribution in [1.29, 1.82) is 0 Å². The van der Waals surface area contributed by atoms with Gasteiger partial charge in [0.15, 0.2) is 0 Å². The Morgan fingerprint density at radius 3 is 1.58 bits per heavy atom. The molecule has 5 aliphatic rings. The van der Waals surface area contributed by atoms with Gasteiger partial charge in [-0.2, -0.15) is 0 Å². The van der Waals surface area contributed by atoms with Gasteiger partial charge in [-0.15, -0.1) is 22.7 Å². The Bertz CT molecular complexity index is 4280. The van der Waals surface area contributed by atoms with Crippen molar-refractivity contribution in [3.63, 3.8) is 0 Å². The topological polar surface area (TPSA) is 9.72 Å². The largest absolute Gasteiger partial charge is 0.311 e. The number of aryl methyl sites for hydroxylation is 1. The van der Waals surface area contributed by atoms with Crippen LogP contribution in [0.15, 0.2) is 152 Å². The minimum absolute atomic E-state index is 0.00626. The predicted octanol–water partition coefficient (Wildman–Crippen LogP) is 20.2. The second kappa shape index (κ2) is 17.2. The van der Waals surface area contributed by atoms with Crippen LogP contribution in [-0.2, 0) is 32.5 Å². The molecule has 0 saturated heterocycles. The summed E-state index contributed by atoms with van der Waals surface area (Å²) in [6.45, 7) is 32.1. The molecule has 4 heterocycles. The molecule has 0 bridgehead atoms. The maximum atomic E-state index is 2.75. The van der Waals surface area contributed by atoms with E-state index >= 15 is 0 Å². The Morgan fingerprint density at radius 2 is 0.914 bits per heavy atom. The fraction of sp³-hybridized carbons (Fsp3) is 0.333. The van der Waals surface area contributed by atoms with E-state index in [1.165, 1.54) is 138 Å². The Kier molecular flexibility index (Phi) is 10.9. The molecule has 15 rings (SSSR count). The molecule has 0 spiro atoms. The third-order valence-electron chi connectivity index (χ3n) is 20.9. The van der Waals surface area contributed by atoms with E-state index in [0.717, 1.165) is 36.3 Å². The molecule has 2 aliphatic heterocycles. The molecule has 0 unspecified atom stereocenters. The maximum absolute atomic E-state index is 2.75. The molecule has 0 atom stereocenters. The van der Waals surface area contributed by atoms with E-state index in [1.807, 2.05) is 11.3 Å². The summed E-state index contributed by atoms with van der Waals surface area (Å²) in [6, 6.07) is 60.2. The SMILES string of the molecule is Cc1ccc(N2c3cc(N(c4ccccc4)c4ccc5c(c4)sc4ccccc45)cc4c3B(c3cc5c(cc3N4c3ccc4c(c3)C(C)(C)CCC4(C)C)C(C)(C)CCC5(C)C)c3sc4cc5c(cc4c32)C(C)(C)CCC5(C)C)cc1. The summed E-state index contributed by atoms with van der Waals surface area (Å²) in [5, 5.41) is 4.00. The quantitative estimate of drug-likeness (QED) is 0.159. The van der Waals surface area contributed by atoms with Gasteiger partial charge in [0.1, 0.15) is 0 Å². The smallest absolute Gasteiger partial charge is 0.264 e. The van der Waals surface area contributed by atoms with E-state index in [9.17, 15) is 0 Å². The molecule has 3 aliphatic carbocycles. The summed E-state index contributed by atoms with van der Waals surface area (Å²) in [4.78, 5) is 8.01. The number of rotatable bonds is 5. The number of benzene rings is 8. The van der Waals surface area contributed by atoms with Crippen molar-refractivity contribution in [3.05, 3.63) is 191 Å². The number of hydrogen-bond acceptors (Lipinski definition) is 5. The van der Waals surface area contributed by atoms with Crippen molar-refractivity contribution in [2.24, 2.45) is 0 Å². The van der Waals surface area contributed by atoms with Crippen molar-refractivity contribution in [2.75, 3.05) is 14.7 Å². The number of fused-ring (bicyclic) bond motifs is 12. The maximum Gasteiger partial charge on any atom is 0.264 e. The first kappa shape index (κ1) is 51.3. The summed E-state index contributed by atoms with van der Waals surface area (Å²) < 4.78 is 5.45. The van der Waals surface area contributed by atoms with Gasteiger partial charge < -0.3 is 14.7 Å². The van der Waals surface area contributed by atoms with Crippen molar-refractivity contribution >= 4 is 127 Å². The van der Waals surface area contributed by atoms with E-state index in [4.69, 9.17) is 0 Å². The summed E-state index contributed by atoms with van der Waals surface area (Å²) in [6.07, 6.45) is 7.01. The number of hydrogen-bond donors (Lipinski definition) is 0. The zero-order valence-electron chi connectivity index (χ0n) is 49.9. The molecule has 10 aromatic rings. The second-order valence-corrected chi connectivity index (χ2v) is 31.2. The average Bonchev–Trinajstić information content (AvgIpc) is 3.10. The highest BCUT2D eigenvalue weighted by Gasteiger charge is 2.50. The Hall–Kier alpha value is -6.60. The minimum Gasteiger partial charge on any atom is -0.311 e. The van der Waals surface area contributed by atoms with Crippen molar-refractivity contribution in [2.45, 2.75) is 161 Å². The zero-order valence-corrected chi connectivity index (χ0v) is 51.5. The third-order valence-corrected chi connectivity index (χ3v) is 23.2. The van der Waals surface area contributed by atoms with E-state index < -0.39 is 0 Å². The fourth-order valence-corrected chi connectivity index (χ4v) is 18.0. The number of para-hydroxylation sites is 1. The monoisotopic (exact) mass is 1090 g/mol. The average molecular weight is 1090 g/mol. The molecule has 3 nitrogen and oxygen atoms in total. The molecule has 8 aromatic carbocycles. The van der Waals surface area contributed by atoms with Gasteiger partial charge in [0.2, 0.25) is 0 Å². The first-order valence-corrected chi connectivity index (χ1v) is 31.7. The number of nitrogens with zero attached hydrogens (tertiary/aromatic N) is 3. The lowest BCUT2D eigenvalue weighted by Gasteiger charge is -2.48. The zero-order chi connectivity index (χ0) is 56.1. The highest BCUT2D eigenvalue weighted by atomic mass is 32.1. The van der Waals surface area contributed by atoms with Gasteiger partial charge in [0.05, 0.1) is 11.4 Å². The van der Waals surface area contributed by atoms with Crippen LogP contribution in [0, 0.1) is 6.92 Å². The first-order valence-electron chi connectivity index (χ1n) is 30.1. The van der Waals surface area contributed by atoms with Crippen LogP contribution >= 0.6 is 22.7 Å². The molecule has 0 radical (unpaired) electrons. The van der Waals surface area contributed by atoms with E-state index in [0.29, 0.717) is 0 Å². The minimum atomic E-state index is -0.0124. The molecular weight excluding hydrogens is 1020 g/mol. The molecule has 0 N–H and O–H groups in total. The number of thiophene rings is 2. The third kappa shape index (κ3) is 7.63. The van der Waals surface area contributed by atoms with Gasteiger partial charge in [-0.3, -0.25) is 0 Å². The van der Waals surface area contributed by atoms with Crippen LogP contribution in [0.3, 0.4) is 0 Å². The first-order chi connectivity index (χ1) is 38.5. The Balaban J connectivity index is 1.10.